The largest absolute Gasteiger partial charge is 0.285 e. The van der Waals surface area contributed by atoms with Crippen LogP contribution in [0.25, 0.3) is 0 Å². The second kappa shape index (κ2) is 4.51. The van der Waals surface area contributed by atoms with Crippen LogP contribution in [0.3, 0.4) is 0 Å². The van der Waals surface area contributed by atoms with Gasteiger partial charge in [-0.2, -0.15) is 8.42 Å². The second-order valence-corrected chi connectivity index (χ2v) is 4.38. The lowest BCUT2D eigenvalue weighted by molar-refractivity contribution is 0.464. The third kappa shape index (κ3) is 4.98. The Labute approximate surface area is 67.9 Å². The molecule has 0 amide bonds. The van der Waals surface area contributed by atoms with Crippen LogP contribution >= 0.6 is 0 Å². The number of unbranched alkanes of at least 4 members (excludes halogenated alkanes) is 1. The Balaban J connectivity index is 3.70. The molecule has 0 aromatic heterocycles. The first kappa shape index (κ1) is 10.7. The molecular formula is C7H14O3S. The number of hydrogen-bond acceptors (Lipinski definition) is 2. The zero-order chi connectivity index (χ0) is 8.91. The van der Waals surface area contributed by atoms with Gasteiger partial charge in [-0.3, -0.25) is 4.55 Å². The molecule has 0 saturated heterocycles. The Hall–Kier alpha value is -0.350. The highest BCUT2D eigenvalue weighted by Crippen LogP contribution is 2.07. The molecule has 0 aliphatic carbocycles. The van der Waals surface area contributed by atoms with Gasteiger partial charge in [-0.15, -0.1) is 6.58 Å². The Bertz CT molecular complexity index is 206. The van der Waals surface area contributed by atoms with Gasteiger partial charge in [0.25, 0.3) is 10.1 Å². The van der Waals surface area contributed by atoms with Crippen molar-refractivity contribution in [3.8, 4) is 0 Å². The zero-order valence-electron chi connectivity index (χ0n) is 6.66. The van der Waals surface area contributed by atoms with Crippen LogP contribution < -0.4 is 0 Å². The minimum Gasteiger partial charge on any atom is -0.285 e. The van der Waals surface area contributed by atoms with Crippen molar-refractivity contribution in [1.82, 2.24) is 0 Å². The molecule has 0 bridgehead atoms. The second-order valence-electron chi connectivity index (χ2n) is 2.55. The highest BCUT2D eigenvalue weighted by molar-refractivity contribution is 7.86. The van der Waals surface area contributed by atoms with Gasteiger partial charge in [0.15, 0.2) is 0 Å². The Morgan fingerprint density at radius 2 is 2.18 bits per heavy atom. The Morgan fingerprint density at radius 3 is 2.55 bits per heavy atom. The standard InChI is InChI=1S/C7H14O3S/c1-3-4-5-6-7(2)11(8,9)10/h3,7H,1,4-6H2,2H3,(H,8,9,10). The van der Waals surface area contributed by atoms with Gasteiger partial charge in [0.1, 0.15) is 0 Å². The van der Waals surface area contributed by atoms with E-state index in [-0.39, 0.29) is 0 Å². The van der Waals surface area contributed by atoms with E-state index in [9.17, 15) is 8.42 Å². The third-order valence-electron chi connectivity index (χ3n) is 1.53. The maximum atomic E-state index is 10.5. The molecule has 0 fully saturated rings. The topological polar surface area (TPSA) is 54.4 Å². The van der Waals surface area contributed by atoms with E-state index < -0.39 is 15.4 Å². The first-order valence-corrected chi connectivity index (χ1v) is 5.06. The van der Waals surface area contributed by atoms with Gasteiger partial charge in [-0.25, -0.2) is 0 Å². The summed E-state index contributed by atoms with van der Waals surface area (Å²) in [6.45, 7) is 5.01. The molecule has 3 nitrogen and oxygen atoms in total. The van der Waals surface area contributed by atoms with Crippen LogP contribution in [0.1, 0.15) is 26.2 Å². The normalized spacial score (nSPS) is 14.4. The molecule has 0 aliphatic heterocycles. The molecule has 1 unspecified atom stereocenters. The van der Waals surface area contributed by atoms with Crippen LogP contribution in [-0.2, 0) is 10.1 Å². The molecule has 0 aliphatic rings. The molecule has 1 N–H and O–H groups in total. The van der Waals surface area contributed by atoms with Gasteiger partial charge in [0.05, 0.1) is 5.25 Å². The fraction of sp³-hybridized carbons (Fsp3) is 0.714. The van der Waals surface area contributed by atoms with E-state index in [1.165, 1.54) is 6.92 Å². The zero-order valence-corrected chi connectivity index (χ0v) is 7.47. The smallest absolute Gasteiger partial charge is 0.267 e. The van der Waals surface area contributed by atoms with Crippen molar-refractivity contribution < 1.29 is 13.0 Å². The quantitative estimate of drug-likeness (QED) is 0.395. The fourth-order valence-electron chi connectivity index (χ4n) is 0.699. The average Bonchev–Trinajstić information content (AvgIpc) is 1.86. The van der Waals surface area contributed by atoms with Crippen molar-refractivity contribution in [2.24, 2.45) is 0 Å². The highest BCUT2D eigenvalue weighted by atomic mass is 32.2. The van der Waals surface area contributed by atoms with E-state index >= 15 is 0 Å². The lowest BCUT2D eigenvalue weighted by atomic mass is 10.2. The maximum Gasteiger partial charge on any atom is 0.267 e. The number of hydrogen-bond donors (Lipinski definition) is 1. The van der Waals surface area contributed by atoms with Crippen molar-refractivity contribution in [2.75, 3.05) is 0 Å². The molecule has 0 spiro atoms. The fourth-order valence-corrected chi connectivity index (χ4v) is 1.16. The summed E-state index contributed by atoms with van der Waals surface area (Å²) in [5.74, 6) is 0. The molecular weight excluding hydrogens is 164 g/mol. The monoisotopic (exact) mass is 178 g/mol. The van der Waals surface area contributed by atoms with Crippen LogP contribution in [0, 0.1) is 0 Å². The lowest BCUT2D eigenvalue weighted by Gasteiger charge is -2.05. The summed E-state index contributed by atoms with van der Waals surface area (Å²) in [7, 11) is -3.82. The van der Waals surface area contributed by atoms with Gasteiger partial charge < -0.3 is 0 Å². The molecule has 66 valence electrons. The van der Waals surface area contributed by atoms with Crippen LogP contribution in [0.2, 0.25) is 0 Å². The summed E-state index contributed by atoms with van der Waals surface area (Å²) < 4.78 is 29.4. The van der Waals surface area contributed by atoms with Crippen molar-refractivity contribution in [1.29, 1.82) is 0 Å². The predicted octanol–water partition coefficient (Wildman–Crippen LogP) is 1.62. The first-order valence-electron chi connectivity index (χ1n) is 3.55. The van der Waals surface area contributed by atoms with Gasteiger partial charge in [0, 0.05) is 0 Å². The van der Waals surface area contributed by atoms with Crippen LogP contribution in [0.5, 0.6) is 0 Å². The third-order valence-corrected chi connectivity index (χ3v) is 2.78. The summed E-state index contributed by atoms with van der Waals surface area (Å²) in [6, 6.07) is 0. The maximum absolute atomic E-state index is 10.5. The van der Waals surface area contributed by atoms with Gasteiger partial charge >= 0.3 is 0 Å². The molecule has 11 heavy (non-hydrogen) atoms. The molecule has 0 heterocycles. The van der Waals surface area contributed by atoms with E-state index in [2.05, 4.69) is 6.58 Å². The van der Waals surface area contributed by atoms with E-state index in [4.69, 9.17) is 4.55 Å². The first-order chi connectivity index (χ1) is 4.98. The molecule has 0 aromatic carbocycles. The van der Waals surface area contributed by atoms with E-state index in [0.29, 0.717) is 6.42 Å². The lowest BCUT2D eigenvalue weighted by Crippen LogP contribution is -2.15. The molecule has 0 radical (unpaired) electrons. The Kier molecular flexibility index (Phi) is 4.37. The van der Waals surface area contributed by atoms with Crippen LogP contribution in [0.4, 0.5) is 0 Å². The van der Waals surface area contributed by atoms with Gasteiger partial charge in [-0.1, -0.05) is 6.08 Å². The molecule has 0 rings (SSSR count). The van der Waals surface area contributed by atoms with E-state index in [1.807, 2.05) is 0 Å². The van der Waals surface area contributed by atoms with Crippen molar-refractivity contribution in [3.63, 3.8) is 0 Å². The minimum absolute atomic E-state index is 0.491. The number of rotatable bonds is 5. The van der Waals surface area contributed by atoms with Crippen LogP contribution in [-0.4, -0.2) is 18.2 Å². The summed E-state index contributed by atoms with van der Waals surface area (Å²) in [4.78, 5) is 0. The summed E-state index contributed by atoms with van der Waals surface area (Å²) in [5.41, 5.74) is 0. The van der Waals surface area contributed by atoms with Crippen LogP contribution in [0.15, 0.2) is 12.7 Å². The molecule has 0 aromatic rings. The Morgan fingerprint density at radius 1 is 1.64 bits per heavy atom. The predicted molar refractivity (Wildman–Crippen MR) is 45.1 cm³/mol. The molecule has 0 saturated carbocycles. The summed E-state index contributed by atoms with van der Waals surface area (Å²) in [5, 5.41) is -0.651. The average molecular weight is 178 g/mol. The van der Waals surface area contributed by atoms with Crippen molar-refractivity contribution in [2.45, 2.75) is 31.4 Å². The summed E-state index contributed by atoms with van der Waals surface area (Å²) in [6.07, 6.45) is 3.77. The van der Waals surface area contributed by atoms with Crippen molar-refractivity contribution >= 4 is 10.1 Å². The molecule has 1 atom stereocenters. The van der Waals surface area contributed by atoms with Gasteiger partial charge in [-0.05, 0) is 26.2 Å². The minimum atomic E-state index is -3.82. The molecule has 4 heteroatoms. The number of allylic oxidation sites excluding steroid dienone is 1. The van der Waals surface area contributed by atoms with Crippen molar-refractivity contribution in [3.05, 3.63) is 12.7 Å². The van der Waals surface area contributed by atoms with E-state index in [0.717, 1.165) is 12.8 Å². The summed E-state index contributed by atoms with van der Waals surface area (Å²) >= 11 is 0. The van der Waals surface area contributed by atoms with E-state index in [1.54, 1.807) is 6.08 Å². The highest BCUT2D eigenvalue weighted by Gasteiger charge is 2.15. The SMILES string of the molecule is C=CCCCC(C)S(=O)(=O)O. The van der Waals surface area contributed by atoms with Gasteiger partial charge in [0.2, 0.25) is 0 Å².